The Hall–Kier alpha value is -3.38. The fraction of sp³-hybridized carbons (Fsp3) is 0. The van der Waals surface area contributed by atoms with E-state index in [9.17, 15) is 9.32 Å². The van der Waals surface area contributed by atoms with Gasteiger partial charge in [-0.15, -0.1) is 0 Å². The Balaban J connectivity index is 1.74. The van der Waals surface area contributed by atoms with E-state index >= 15 is 0 Å². The third-order valence-electron chi connectivity index (χ3n) is 3.98. The van der Waals surface area contributed by atoms with Gasteiger partial charge < -0.3 is 19.0 Å². The molecule has 4 aromatic rings. The summed E-state index contributed by atoms with van der Waals surface area (Å²) in [6.45, 7) is 0. The number of aromatic hydroxyl groups is 1. The molecule has 4 rings (SSSR count). The summed E-state index contributed by atoms with van der Waals surface area (Å²) in [7, 11) is -1.47. The molecule has 1 aromatic heterocycles. The number of aromatic nitrogens is 1. The van der Waals surface area contributed by atoms with Gasteiger partial charge in [0.15, 0.2) is 0 Å². The van der Waals surface area contributed by atoms with E-state index in [1.807, 2.05) is 42.5 Å². The van der Waals surface area contributed by atoms with Gasteiger partial charge in [-0.25, -0.2) is 0 Å². The summed E-state index contributed by atoms with van der Waals surface area (Å²) in [6.07, 6.45) is 1.71. The van der Waals surface area contributed by atoms with Gasteiger partial charge in [-0.2, -0.15) is 10.6 Å². The largest absolute Gasteiger partial charge is 0.508 e. The molecule has 0 atom stereocenters. The van der Waals surface area contributed by atoms with Crippen LogP contribution in [0.3, 0.4) is 0 Å². The highest BCUT2D eigenvalue weighted by Crippen LogP contribution is 2.29. The second-order valence-electron chi connectivity index (χ2n) is 5.89. The maximum Gasteiger partial charge on any atom is 0.117 e. The molecule has 2 N–H and O–H groups in total. The lowest BCUT2D eigenvalue weighted by molar-refractivity contribution is 0.475. The molecule has 3 aromatic carbocycles. The highest BCUT2D eigenvalue weighted by Gasteiger charge is 2.04. The number of phenols is 1. The first-order chi connectivity index (χ1) is 13.2. The lowest BCUT2D eigenvalue weighted by atomic mass is 10.1. The third-order valence-corrected chi connectivity index (χ3v) is 5.04. The van der Waals surface area contributed by atoms with Gasteiger partial charge in [0.25, 0.3) is 0 Å². The van der Waals surface area contributed by atoms with E-state index in [0.717, 1.165) is 22.3 Å². The molecular formula is C21H16N3O2S-. The maximum absolute atomic E-state index is 12.4. The van der Waals surface area contributed by atoms with Crippen LogP contribution in [-0.2, 0) is 14.8 Å². The number of nitrogens with zero attached hydrogens (tertiary/aromatic N) is 2. The Labute approximate surface area is 158 Å². The molecule has 0 spiro atoms. The van der Waals surface area contributed by atoms with E-state index in [1.54, 1.807) is 42.6 Å². The minimum Gasteiger partial charge on any atom is -0.508 e. The number of fused-ring (bicyclic) bond motifs is 1. The van der Waals surface area contributed by atoms with Crippen LogP contribution >= 0.6 is 0 Å². The summed E-state index contributed by atoms with van der Waals surface area (Å²) in [4.78, 5) is 5.03. The van der Waals surface area contributed by atoms with E-state index < -0.39 is 10.6 Å². The van der Waals surface area contributed by atoms with E-state index in [2.05, 4.69) is 14.7 Å². The molecule has 0 aliphatic heterocycles. The van der Waals surface area contributed by atoms with Crippen LogP contribution in [0, 0.1) is 0 Å². The van der Waals surface area contributed by atoms with Gasteiger partial charge in [0, 0.05) is 34.7 Å². The topological polar surface area (TPSA) is 74.6 Å². The Bertz CT molecular complexity index is 1190. The standard InChI is InChI=1S/C21H16N3O2S/c25-17-6-4-5-15(13-17)23-21-11-12-22-20-10-9-16(14-19(20)21)24-27(26)18-7-2-1-3-8-18/h1-14,25H,(H,22,23)/q-1. The molecule has 5 nitrogen and oxygen atoms in total. The predicted molar refractivity (Wildman–Crippen MR) is 108 cm³/mol. The van der Waals surface area contributed by atoms with Crippen LogP contribution in [0.1, 0.15) is 0 Å². The number of anilines is 2. The van der Waals surface area contributed by atoms with Crippen LogP contribution < -0.4 is 5.32 Å². The van der Waals surface area contributed by atoms with Crippen LogP contribution in [0.15, 0.2) is 94.3 Å². The molecule has 0 aliphatic carbocycles. The Morgan fingerprint density at radius 3 is 2.59 bits per heavy atom. The van der Waals surface area contributed by atoms with Crippen molar-refractivity contribution in [1.82, 2.24) is 4.98 Å². The van der Waals surface area contributed by atoms with Crippen molar-refractivity contribution in [2.24, 2.45) is 4.36 Å². The maximum atomic E-state index is 12.4. The number of benzene rings is 3. The molecule has 0 radical (unpaired) electrons. The molecule has 0 bridgehead atoms. The molecule has 1 heterocycles. The van der Waals surface area contributed by atoms with Crippen molar-refractivity contribution in [2.45, 2.75) is 4.90 Å². The third kappa shape index (κ3) is 3.91. The average Bonchev–Trinajstić information content (AvgIpc) is 2.69. The lowest BCUT2D eigenvalue weighted by Crippen LogP contribution is -1.92. The number of hydrogen-bond donors (Lipinski definition) is 2. The van der Waals surface area contributed by atoms with Crippen LogP contribution in [-0.4, -0.2) is 10.1 Å². The SMILES string of the molecule is O=[S-](=Nc1ccc2nccc(Nc3cccc(O)c3)c2c1)c1ccccc1. The van der Waals surface area contributed by atoms with E-state index in [0.29, 0.717) is 10.6 Å². The molecule has 0 saturated heterocycles. The van der Waals surface area contributed by atoms with Crippen molar-refractivity contribution in [2.75, 3.05) is 5.32 Å². The molecular weight excluding hydrogens is 358 g/mol. The lowest BCUT2D eigenvalue weighted by Gasteiger charge is -2.11. The molecule has 0 unspecified atom stereocenters. The van der Waals surface area contributed by atoms with Gasteiger partial charge in [0.2, 0.25) is 0 Å². The van der Waals surface area contributed by atoms with Crippen LogP contribution in [0.25, 0.3) is 10.9 Å². The molecule has 0 fully saturated rings. The van der Waals surface area contributed by atoms with Crippen LogP contribution in [0.2, 0.25) is 0 Å². The van der Waals surface area contributed by atoms with Gasteiger partial charge >= 0.3 is 0 Å². The van der Waals surface area contributed by atoms with E-state index in [4.69, 9.17) is 0 Å². The fourth-order valence-corrected chi connectivity index (χ4v) is 3.52. The van der Waals surface area contributed by atoms with E-state index in [1.165, 1.54) is 0 Å². The monoisotopic (exact) mass is 374 g/mol. The molecule has 0 amide bonds. The number of rotatable bonds is 4. The first-order valence-corrected chi connectivity index (χ1v) is 9.43. The minimum absolute atomic E-state index is 0.187. The first-order valence-electron chi connectivity index (χ1n) is 8.32. The number of pyridine rings is 1. The zero-order valence-electron chi connectivity index (χ0n) is 14.2. The van der Waals surface area contributed by atoms with Crippen molar-refractivity contribution in [3.63, 3.8) is 0 Å². The van der Waals surface area contributed by atoms with E-state index in [-0.39, 0.29) is 5.75 Å². The summed E-state index contributed by atoms with van der Waals surface area (Å²) >= 11 is 0. The minimum atomic E-state index is -1.47. The predicted octanol–water partition coefficient (Wildman–Crippen LogP) is 5.52. The summed E-state index contributed by atoms with van der Waals surface area (Å²) in [5, 5.41) is 13.8. The van der Waals surface area contributed by atoms with Crippen molar-refractivity contribution in [1.29, 1.82) is 0 Å². The van der Waals surface area contributed by atoms with Crippen LogP contribution in [0.5, 0.6) is 5.75 Å². The second-order valence-corrected chi connectivity index (χ2v) is 7.04. The number of phenolic OH excluding ortho intramolecular Hbond substituents is 1. The van der Waals surface area contributed by atoms with Gasteiger partial charge in [0.1, 0.15) is 5.75 Å². The average molecular weight is 374 g/mol. The van der Waals surface area contributed by atoms with Crippen molar-refractivity contribution >= 4 is 38.6 Å². The Kier molecular flexibility index (Phi) is 4.72. The fourth-order valence-electron chi connectivity index (χ4n) is 2.72. The molecule has 134 valence electrons. The Morgan fingerprint density at radius 2 is 1.78 bits per heavy atom. The van der Waals surface area contributed by atoms with Gasteiger partial charge in [-0.05, 0) is 36.4 Å². The van der Waals surface area contributed by atoms with Gasteiger partial charge in [0.05, 0.1) is 5.52 Å². The summed E-state index contributed by atoms with van der Waals surface area (Å²) in [5.74, 6) is 0.187. The highest BCUT2D eigenvalue weighted by atomic mass is 32.2. The zero-order chi connectivity index (χ0) is 18.6. The summed E-state index contributed by atoms with van der Waals surface area (Å²) < 4.78 is 16.8. The quantitative estimate of drug-likeness (QED) is 0.461. The van der Waals surface area contributed by atoms with Crippen molar-refractivity contribution in [3.8, 4) is 5.75 Å². The second kappa shape index (κ2) is 7.47. The molecule has 27 heavy (non-hydrogen) atoms. The molecule has 0 aliphatic rings. The number of nitrogens with one attached hydrogen (secondary N) is 1. The summed E-state index contributed by atoms with van der Waals surface area (Å²) in [6, 6.07) is 23.4. The Morgan fingerprint density at radius 1 is 0.926 bits per heavy atom. The molecule has 6 heteroatoms. The van der Waals surface area contributed by atoms with Gasteiger partial charge in [-0.3, -0.25) is 4.98 Å². The van der Waals surface area contributed by atoms with Gasteiger partial charge in [-0.1, -0.05) is 41.3 Å². The molecule has 0 saturated carbocycles. The summed E-state index contributed by atoms with van der Waals surface area (Å²) in [5.41, 5.74) is 2.99. The zero-order valence-corrected chi connectivity index (χ0v) is 15.1. The smallest absolute Gasteiger partial charge is 0.117 e. The van der Waals surface area contributed by atoms with Crippen molar-refractivity contribution < 1.29 is 9.32 Å². The normalized spacial score (nSPS) is 12.1. The number of hydrogen-bond acceptors (Lipinski definition) is 6. The van der Waals surface area contributed by atoms with Crippen molar-refractivity contribution in [3.05, 3.63) is 85.1 Å². The van der Waals surface area contributed by atoms with Crippen LogP contribution in [0.4, 0.5) is 17.1 Å². The highest BCUT2D eigenvalue weighted by molar-refractivity contribution is 7.75. The first kappa shape index (κ1) is 17.1.